The molecule has 6 nitrogen and oxygen atoms in total. The van der Waals surface area contributed by atoms with Crippen molar-refractivity contribution in [3.05, 3.63) is 36.8 Å². The van der Waals surface area contributed by atoms with Crippen molar-refractivity contribution >= 4 is 11.8 Å². The van der Waals surface area contributed by atoms with Crippen LogP contribution in [0.3, 0.4) is 0 Å². The Balaban J connectivity index is 1.56. The molecule has 0 amide bonds. The van der Waals surface area contributed by atoms with E-state index in [-0.39, 0.29) is 17.9 Å². The number of anilines is 2. The second kappa shape index (κ2) is 4.36. The van der Waals surface area contributed by atoms with Gasteiger partial charge in [-0.3, -0.25) is 0 Å². The van der Waals surface area contributed by atoms with Gasteiger partial charge in [-0.05, 0) is 12.5 Å². The highest BCUT2D eigenvalue weighted by Gasteiger charge is 2.46. The Labute approximate surface area is 115 Å². The second-order valence-electron chi connectivity index (χ2n) is 5.10. The first kappa shape index (κ1) is 11.5. The highest BCUT2D eigenvalue weighted by atomic mass is 19.1. The zero-order valence-electron chi connectivity index (χ0n) is 10.7. The second-order valence-corrected chi connectivity index (χ2v) is 5.10. The molecule has 0 saturated carbocycles. The number of hydrogen-bond donors (Lipinski definition) is 0. The van der Waals surface area contributed by atoms with Gasteiger partial charge in [0.15, 0.2) is 11.6 Å². The maximum Gasteiger partial charge on any atom is 0.225 e. The van der Waals surface area contributed by atoms with E-state index in [4.69, 9.17) is 0 Å². The van der Waals surface area contributed by atoms with Gasteiger partial charge in [0, 0.05) is 25.5 Å². The molecule has 0 N–H and O–H groups in total. The molecule has 3 aliphatic rings. The van der Waals surface area contributed by atoms with Crippen LogP contribution in [0.1, 0.15) is 6.42 Å². The van der Waals surface area contributed by atoms with E-state index in [1.54, 1.807) is 18.5 Å². The molecular formula is C13H13FN6. The minimum atomic E-state index is -0.355. The summed E-state index contributed by atoms with van der Waals surface area (Å²) in [5.41, 5.74) is 0. The molecule has 0 aliphatic carbocycles. The van der Waals surface area contributed by atoms with Gasteiger partial charge in [0.1, 0.15) is 6.33 Å². The van der Waals surface area contributed by atoms with Crippen LogP contribution in [0.4, 0.5) is 16.2 Å². The van der Waals surface area contributed by atoms with Crippen molar-refractivity contribution in [3.63, 3.8) is 0 Å². The van der Waals surface area contributed by atoms with Crippen LogP contribution in [0.25, 0.3) is 0 Å². The molecule has 2 bridgehead atoms. The largest absolute Gasteiger partial charge is 0.344 e. The Bertz CT molecular complexity index is 609. The van der Waals surface area contributed by atoms with Crippen molar-refractivity contribution < 1.29 is 4.39 Å². The highest BCUT2D eigenvalue weighted by molar-refractivity contribution is 5.50. The standard InChI is InChI=1S/C13H13FN6/c14-11-5-15-8-18-12(11)20-9-4-10(20)7-19(6-9)13-16-2-1-3-17-13/h1-3,5,8-10H,4,6-7H2. The van der Waals surface area contributed by atoms with Crippen LogP contribution in [0.5, 0.6) is 0 Å². The normalized spacial score (nSPS) is 24.4. The van der Waals surface area contributed by atoms with Gasteiger partial charge in [0.05, 0.1) is 18.3 Å². The maximum absolute atomic E-state index is 13.8. The van der Waals surface area contributed by atoms with E-state index in [1.807, 2.05) is 0 Å². The molecule has 0 radical (unpaired) electrons. The van der Waals surface area contributed by atoms with E-state index in [9.17, 15) is 4.39 Å². The first-order valence-electron chi connectivity index (χ1n) is 6.59. The van der Waals surface area contributed by atoms with Crippen molar-refractivity contribution in [1.82, 2.24) is 19.9 Å². The van der Waals surface area contributed by atoms with Crippen LogP contribution < -0.4 is 9.80 Å². The summed E-state index contributed by atoms with van der Waals surface area (Å²) in [7, 11) is 0. The third-order valence-corrected chi connectivity index (χ3v) is 3.92. The molecule has 7 heteroatoms. The van der Waals surface area contributed by atoms with E-state index in [2.05, 4.69) is 29.7 Å². The molecule has 102 valence electrons. The molecule has 3 fully saturated rings. The van der Waals surface area contributed by atoms with Gasteiger partial charge in [-0.25, -0.2) is 24.3 Å². The topological polar surface area (TPSA) is 58.0 Å². The Hall–Kier alpha value is -2.31. The van der Waals surface area contributed by atoms with Crippen molar-refractivity contribution in [2.75, 3.05) is 22.9 Å². The van der Waals surface area contributed by atoms with Gasteiger partial charge in [0.25, 0.3) is 0 Å². The summed E-state index contributed by atoms with van der Waals surface area (Å²) in [6.07, 6.45) is 7.15. The predicted molar refractivity (Wildman–Crippen MR) is 70.9 cm³/mol. The first-order valence-corrected chi connectivity index (χ1v) is 6.59. The summed E-state index contributed by atoms with van der Waals surface area (Å²) in [6.45, 7) is 1.59. The van der Waals surface area contributed by atoms with Crippen molar-refractivity contribution in [2.24, 2.45) is 0 Å². The quantitative estimate of drug-likeness (QED) is 0.808. The average Bonchev–Trinajstić information content (AvgIpc) is 2.50. The lowest BCUT2D eigenvalue weighted by molar-refractivity contribution is 0.283. The van der Waals surface area contributed by atoms with Crippen LogP contribution in [-0.2, 0) is 0 Å². The van der Waals surface area contributed by atoms with E-state index in [0.717, 1.165) is 25.5 Å². The summed E-state index contributed by atoms with van der Waals surface area (Å²) in [6, 6.07) is 2.33. The zero-order chi connectivity index (χ0) is 13.5. The van der Waals surface area contributed by atoms with Crippen molar-refractivity contribution in [1.29, 1.82) is 0 Å². The molecule has 3 saturated heterocycles. The summed E-state index contributed by atoms with van der Waals surface area (Å²) < 4.78 is 13.8. The minimum Gasteiger partial charge on any atom is -0.344 e. The predicted octanol–water partition coefficient (Wildman–Crippen LogP) is 0.873. The Kier molecular flexibility index (Phi) is 2.51. The molecule has 2 aromatic rings. The Morgan fingerprint density at radius 1 is 1.10 bits per heavy atom. The fourth-order valence-electron chi connectivity index (χ4n) is 3.07. The Morgan fingerprint density at radius 3 is 2.55 bits per heavy atom. The highest BCUT2D eigenvalue weighted by Crippen LogP contribution is 2.37. The molecule has 2 aromatic heterocycles. The fraction of sp³-hybridized carbons (Fsp3) is 0.385. The molecule has 20 heavy (non-hydrogen) atoms. The van der Waals surface area contributed by atoms with Gasteiger partial charge >= 0.3 is 0 Å². The van der Waals surface area contributed by atoms with Gasteiger partial charge in [-0.15, -0.1) is 0 Å². The maximum atomic E-state index is 13.8. The number of piperazine rings is 1. The monoisotopic (exact) mass is 272 g/mol. The first-order chi connectivity index (χ1) is 9.83. The number of piperidine rings is 1. The van der Waals surface area contributed by atoms with E-state index in [1.165, 1.54) is 12.5 Å². The number of hydrogen-bond acceptors (Lipinski definition) is 6. The van der Waals surface area contributed by atoms with Crippen LogP contribution in [0.2, 0.25) is 0 Å². The smallest absolute Gasteiger partial charge is 0.225 e. The van der Waals surface area contributed by atoms with E-state index < -0.39 is 0 Å². The van der Waals surface area contributed by atoms with E-state index in [0.29, 0.717) is 5.82 Å². The number of fused-ring (bicyclic) bond motifs is 2. The van der Waals surface area contributed by atoms with Crippen molar-refractivity contribution in [2.45, 2.75) is 18.5 Å². The molecule has 2 unspecified atom stereocenters. The minimum absolute atomic E-state index is 0.266. The lowest BCUT2D eigenvalue weighted by Crippen LogP contribution is -2.69. The number of rotatable bonds is 2. The average molecular weight is 272 g/mol. The summed E-state index contributed by atoms with van der Waals surface area (Å²) in [4.78, 5) is 20.5. The van der Waals surface area contributed by atoms with E-state index >= 15 is 0 Å². The van der Waals surface area contributed by atoms with Crippen molar-refractivity contribution in [3.8, 4) is 0 Å². The molecule has 0 aromatic carbocycles. The van der Waals surface area contributed by atoms with Gasteiger partial charge in [0.2, 0.25) is 5.95 Å². The third-order valence-electron chi connectivity index (χ3n) is 3.92. The zero-order valence-corrected chi connectivity index (χ0v) is 10.7. The van der Waals surface area contributed by atoms with Crippen LogP contribution in [0, 0.1) is 5.82 Å². The molecule has 2 atom stereocenters. The number of aromatic nitrogens is 4. The van der Waals surface area contributed by atoms with Gasteiger partial charge in [-0.2, -0.15) is 0 Å². The van der Waals surface area contributed by atoms with Crippen LogP contribution >= 0.6 is 0 Å². The molecule has 3 aliphatic heterocycles. The molecule has 0 spiro atoms. The fourth-order valence-corrected chi connectivity index (χ4v) is 3.07. The lowest BCUT2D eigenvalue weighted by atomic mass is 9.87. The third kappa shape index (κ3) is 1.70. The molecule has 5 rings (SSSR count). The van der Waals surface area contributed by atoms with Gasteiger partial charge in [-0.1, -0.05) is 0 Å². The summed E-state index contributed by atoms with van der Waals surface area (Å²) in [5, 5.41) is 0. The molecular weight excluding hydrogens is 259 g/mol. The number of nitrogens with zero attached hydrogens (tertiary/aromatic N) is 6. The summed E-state index contributed by atoms with van der Waals surface area (Å²) >= 11 is 0. The lowest BCUT2D eigenvalue weighted by Gasteiger charge is -2.56. The Morgan fingerprint density at radius 2 is 1.85 bits per heavy atom. The molecule has 5 heterocycles. The van der Waals surface area contributed by atoms with Crippen LogP contribution in [0.15, 0.2) is 31.0 Å². The SMILES string of the molecule is Fc1cncnc1N1C2CC1CN(c1ncccn1)C2. The van der Waals surface area contributed by atoms with Crippen LogP contribution in [-0.4, -0.2) is 45.1 Å². The summed E-state index contributed by atoms with van der Waals surface area (Å²) in [5.74, 6) is 0.798. The number of halogens is 1. The van der Waals surface area contributed by atoms with Gasteiger partial charge < -0.3 is 9.80 Å².